The molecule has 0 amide bonds. The zero-order valence-electron chi connectivity index (χ0n) is 15.3. The lowest BCUT2D eigenvalue weighted by Crippen LogP contribution is -2.45. The molecule has 0 bridgehead atoms. The summed E-state index contributed by atoms with van der Waals surface area (Å²) < 4.78 is 48.9. The predicted molar refractivity (Wildman–Crippen MR) is 95.9 cm³/mol. The molecular formula is C18H26F3N3O3. The topological polar surface area (TPSA) is 75.1 Å². The van der Waals surface area contributed by atoms with E-state index in [1.165, 1.54) is 12.1 Å². The molecule has 27 heavy (non-hydrogen) atoms. The van der Waals surface area contributed by atoms with Gasteiger partial charge in [-0.05, 0) is 31.0 Å². The van der Waals surface area contributed by atoms with Gasteiger partial charge in [0, 0.05) is 32.2 Å². The Labute approximate surface area is 156 Å². The average Bonchev–Trinajstić information content (AvgIpc) is 3.10. The highest BCUT2D eigenvalue weighted by Gasteiger charge is 2.34. The maximum Gasteiger partial charge on any atom is 0.416 e. The van der Waals surface area contributed by atoms with Crippen LogP contribution in [0, 0.1) is 5.41 Å². The zero-order valence-corrected chi connectivity index (χ0v) is 15.3. The fourth-order valence-electron chi connectivity index (χ4n) is 2.90. The number of nitrogens with zero attached hydrogens (tertiary/aromatic N) is 1. The van der Waals surface area contributed by atoms with Gasteiger partial charge in [-0.15, -0.1) is 0 Å². The normalized spacial score (nSPS) is 20.6. The lowest BCUT2D eigenvalue weighted by atomic mass is 9.84. The molecule has 0 saturated carbocycles. The van der Waals surface area contributed by atoms with E-state index in [2.05, 4.69) is 15.6 Å². The van der Waals surface area contributed by atoms with Crippen LogP contribution in [-0.4, -0.2) is 57.6 Å². The number of aliphatic hydroxyl groups excluding tert-OH is 1. The first-order chi connectivity index (χ1) is 12.9. The Morgan fingerprint density at radius 3 is 2.81 bits per heavy atom. The second-order valence-corrected chi connectivity index (χ2v) is 6.50. The molecule has 3 N–H and O–H groups in total. The summed E-state index contributed by atoms with van der Waals surface area (Å²) in [5.74, 6) is 0.728. The Hall–Kier alpha value is -2.00. The summed E-state index contributed by atoms with van der Waals surface area (Å²) in [6.07, 6.45) is -2.87. The molecule has 1 fully saturated rings. The summed E-state index contributed by atoms with van der Waals surface area (Å²) in [6, 6.07) is 4.79. The minimum absolute atomic E-state index is 0.0991. The van der Waals surface area contributed by atoms with Crippen molar-refractivity contribution < 1.29 is 27.8 Å². The summed E-state index contributed by atoms with van der Waals surface area (Å²) in [5.41, 5.74) is -0.848. The molecule has 1 aromatic rings. The molecule has 1 saturated heterocycles. The first-order valence-electron chi connectivity index (χ1n) is 8.82. The third kappa shape index (κ3) is 6.59. The highest BCUT2D eigenvalue weighted by atomic mass is 19.4. The van der Waals surface area contributed by atoms with E-state index in [-0.39, 0.29) is 24.4 Å². The summed E-state index contributed by atoms with van der Waals surface area (Å²) >= 11 is 0. The minimum Gasteiger partial charge on any atom is -0.492 e. The summed E-state index contributed by atoms with van der Waals surface area (Å²) in [7, 11) is 1.63. The van der Waals surface area contributed by atoms with Crippen LogP contribution in [0.25, 0.3) is 0 Å². The lowest BCUT2D eigenvalue weighted by Gasteiger charge is -2.27. The van der Waals surface area contributed by atoms with E-state index in [1.807, 2.05) is 0 Å². The van der Waals surface area contributed by atoms with E-state index < -0.39 is 11.7 Å². The number of guanidine groups is 1. The Balaban J connectivity index is 1.75. The molecule has 1 aromatic carbocycles. The molecule has 1 aliphatic rings. The molecule has 152 valence electrons. The molecule has 1 heterocycles. The SMILES string of the molecule is CN=C(NCCOc1cccc(C(F)(F)F)c1)NCC1(CCO)CCOC1. The number of ether oxygens (including phenoxy) is 2. The zero-order chi connectivity index (χ0) is 19.8. The van der Waals surface area contributed by atoms with Crippen molar-refractivity contribution in [3.8, 4) is 5.75 Å². The average molecular weight is 389 g/mol. The molecule has 0 aliphatic carbocycles. The van der Waals surface area contributed by atoms with Gasteiger partial charge in [0.1, 0.15) is 12.4 Å². The van der Waals surface area contributed by atoms with E-state index in [1.54, 1.807) is 7.05 Å². The Morgan fingerprint density at radius 2 is 2.19 bits per heavy atom. The summed E-state index contributed by atoms with van der Waals surface area (Å²) in [5, 5.41) is 15.5. The van der Waals surface area contributed by atoms with Gasteiger partial charge in [-0.2, -0.15) is 13.2 Å². The molecule has 6 nitrogen and oxygen atoms in total. The molecular weight excluding hydrogens is 363 g/mol. The van der Waals surface area contributed by atoms with Gasteiger partial charge < -0.3 is 25.2 Å². The number of halogens is 3. The van der Waals surface area contributed by atoms with Crippen molar-refractivity contribution in [2.75, 3.05) is 46.6 Å². The number of aliphatic imine (C=N–C) groups is 1. The Morgan fingerprint density at radius 1 is 1.37 bits per heavy atom. The number of hydrogen-bond acceptors (Lipinski definition) is 4. The molecule has 1 aliphatic heterocycles. The van der Waals surface area contributed by atoms with Gasteiger partial charge in [0.05, 0.1) is 18.7 Å². The summed E-state index contributed by atoms with van der Waals surface area (Å²) in [4.78, 5) is 4.12. The van der Waals surface area contributed by atoms with E-state index in [9.17, 15) is 18.3 Å². The van der Waals surface area contributed by atoms with Crippen LogP contribution < -0.4 is 15.4 Å². The standard InChI is InChI=1S/C18H26F3N3O3/c1-22-16(24-12-17(5-8-25)6-9-26-13-17)23-7-10-27-15-4-2-3-14(11-15)18(19,20)21/h2-4,11,25H,5-10,12-13H2,1H3,(H2,22,23,24). The molecule has 0 aromatic heterocycles. The summed E-state index contributed by atoms with van der Waals surface area (Å²) in [6.45, 7) is 2.55. The first-order valence-corrected chi connectivity index (χ1v) is 8.82. The van der Waals surface area contributed by atoms with E-state index >= 15 is 0 Å². The third-order valence-corrected chi connectivity index (χ3v) is 4.51. The molecule has 2 rings (SSSR count). The van der Waals surface area contributed by atoms with E-state index in [0.29, 0.717) is 38.7 Å². The van der Waals surface area contributed by atoms with Gasteiger partial charge in [0.2, 0.25) is 0 Å². The van der Waals surface area contributed by atoms with Gasteiger partial charge in [-0.1, -0.05) is 6.07 Å². The predicted octanol–water partition coefficient (Wildman–Crippen LogP) is 2.04. The van der Waals surface area contributed by atoms with Crippen LogP contribution in [0.4, 0.5) is 13.2 Å². The first kappa shape index (κ1) is 21.3. The van der Waals surface area contributed by atoms with E-state index in [0.717, 1.165) is 18.6 Å². The largest absolute Gasteiger partial charge is 0.492 e. The minimum atomic E-state index is -4.39. The maximum absolute atomic E-state index is 12.7. The van der Waals surface area contributed by atoms with Gasteiger partial charge in [-0.3, -0.25) is 4.99 Å². The van der Waals surface area contributed by atoms with Crippen molar-refractivity contribution >= 4 is 5.96 Å². The van der Waals surface area contributed by atoms with Crippen molar-refractivity contribution in [2.24, 2.45) is 10.4 Å². The van der Waals surface area contributed by atoms with Crippen LogP contribution in [0.2, 0.25) is 0 Å². The molecule has 1 atom stereocenters. The van der Waals surface area contributed by atoms with Crippen LogP contribution in [0.1, 0.15) is 18.4 Å². The number of rotatable bonds is 8. The second kappa shape index (κ2) is 9.80. The van der Waals surface area contributed by atoms with Crippen molar-refractivity contribution in [1.29, 1.82) is 0 Å². The maximum atomic E-state index is 12.7. The van der Waals surface area contributed by atoms with Crippen LogP contribution in [-0.2, 0) is 10.9 Å². The fourth-order valence-corrected chi connectivity index (χ4v) is 2.90. The smallest absolute Gasteiger partial charge is 0.416 e. The fraction of sp³-hybridized carbons (Fsp3) is 0.611. The Kier molecular flexibility index (Phi) is 7.73. The highest BCUT2D eigenvalue weighted by Crippen LogP contribution is 2.32. The highest BCUT2D eigenvalue weighted by molar-refractivity contribution is 5.79. The van der Waals surface area contributed by atoms with Gasteiger partial charge >= 0.3 is 6.18 Å². The van der Waals surface area contributed by atoms with Crippen LogP contribution in [0.3, 0.4) is 0 Å². The quantitative estimate of drug-likeness (QED) is 0.360. The van der Waals surface area contributed by atoms with Crippen molar-refractivity contribution in [2.45, 2.75) is 19.0 Å². The van der Waals surface area contributed by atoms with E-state index in [4.69, 9.17) is 9.47 Å². The monoisotopic (exact) mass is 389 g/mol. The van der Waals surface area contributed by atoms with Crippen LogP contribution in [0.15, 0.2) is 29.3 Å². The molecule has 1 unspecified atom stereocenters. The lowest BCUT2D eigenvalue weighted by molar-refractivity contribution is -0.137. The number of hydrogen-bond donors (Lipinski definition) is 3. The second-order valence-electron chi connectivity index (χ2n) is 6.50. The molecule has 0 radical (unpaired) electrons. The number of aliphatic hydroxyl groups is 1. The molecule has 0 spiro atoms. The van der Waals surface area contributed by atoms with Gasteiger partial charge in [0.15, 0.2) is 5.96 Å². The molecule has 9 heteroatoms. The Bertz CT molecular complexity index is 617. The van der Waals surface area contributed by atoms with Crippen molar-refractivity contribution in [1.82, 2.24) is 10.6 Å². The van der Waals surface area contributed by atoms with Gasteiger partial charge in [-0.25, -0.2) is 0 Å². The van der Waals surface area contributed by atoms with Crippen LogP contribution >= 0.6 is 0 Å². The number of alkyl halides is 3. The number of nitrogens with one attached hydrogen (secondary N) is 2. The van der Waals surface area contributed by atoms with Crippen molar-refractivity contribution in [3.63, 3.8) is 0 Å². The third-order valence-electron chi connectivity index (χ3n) is 4.51. The van der Waals surface area contributed by atoms with Crippen molar-refractivity contribution in [3.05, 3.63) is 29.8 Å². The number of benzene rings is 1. The van der Waals surface area contributed by atoms with Gasteiger partial charge in [0.25, 0.3) is 0 Å². The van der Waals surface area contributed by atoms with Crippen LogP contribution in [0.5, 0.6) is 5.75 Å².